The van der Waals surface area contributed by atoms with E-state index in [2.05, 4.69) is 67.8 Å². The average molecular weight is 1820 g/mol. The van der Waals surface area contributed by atoms with Crippen LogP contribution in [-0.4, -0.2) is 458 Å². The highest BCUT2D eigenvalue weighted by Gasteiger charge is 2.49. The summed E-state index contributed by atoms with van der Waals surface area (Å²) in [7, 11) is 0. The molecule has 7 heterocycles. The van der Waals surface area contributed by atoms with E-state index in [1.54, 1.807) is 43.7 Å². The molecule has 0 radical (unpaired) electrons. The molecule has 0 bridgehead atoms. The fraction of sp³-hybridized carbons (Fsp3) is 0.824. The first kappa shape index (κ1) is 106. The number of amides is 4. The third-order valence-electron chi connectivity index (χ3n) is 20.0. The average Bonchev–Trinajstić information content (AvgIpc) is 1.09. The Morgan fingerprint density at radius 2 is 0.722 bits per heavy atom. The summed E-state index contributed by atoms with van der Waals surface area (Å²) >= 11 is 0. The smallest absolute Gasteiger partial charge is 0.320 e. The largest absolute Gasteiger partial charge is 0.480 e. The molecule has 52 nitrogen and oxygen atoms in total. The van der Waals surface area contributed by atoms with Crippen LogP contribution < -0.4 is 37.9 Å². The van der Waals surface area contributed by atoms with Gasteiger partial charge in [-0.1, -0.05) is 22.1 Å². The van der Waals surface area contributed by atoms with Crippen LogP contribution in [0.1, 0.15) is 64.0 Å². The second-order valence-corrected chi connectivity index (χ2v) is 29.8. The van der Waals surface area contributed by atoms with Crippen LogP contribution in [-0.2, 0) is 139 Å². The number of nitrogens with zero attached hydrogens (tertiary/aromatic N) is 11. The first-order valence-electron chi connectivity index (χ1n) is 41.7. The molecule has 21 atom stereocenters. The summed E-state index contributed by atoms with van der Waals surface area (Å²) in [5.74, 6) is 3.03. The van der Waals surface area contributed by atoms with Gasteiger partial charge in [0.1, 0.15) is 103 Å². The van der Waals surface area contributed by atoms with E-state index in [1.165, 1.54) is 27.7 Å². The van der Waals surface area contributed by atoms with Gasteiger partial charge in [-0.15, -0.1) is 15.3 Å². The maximum absolute atomic E-state index is 13.6. The van der Waals surface area contributed by atoms with E-state index >= 15 is 0 Å². The first-order chi connectivity index (χ1) is 60.7. The number of ether oxygens (including phenoxy) is 16. The van der Waals surface area contributed by atoms with Crippen LogP contribution in [0.4, 0.5) is 0 Å². The summed E-state index contributed by atoms with van der Waals surface area (Å²) in [6.07, 6.45) is -13.1. The van der Waals surface area contributed by atoms with Crippen LogP contribution in [0, 0.1) is 0 Å². The molecule has 7 rings (SSSR count). The predicted octanol–water partition coefficient (Wildman–Crippen LogP) is -11.5. The SMILES string of the molecule is CC(=O)NC1C(OCCOCCOCCN/C=C(/CN(Cc2cn(CCOCCOCCOC3OC(CO)C(O)C(O)C3NC(C)=O)nn2)C(CCCCN(Cc2cn(CCOCCOCCOC3OC(CO)C(O)C(O)C3NC(C)=O)nn2)Cc2cn(CCOCCOCCOC3OC(CO)C(O)C(O)C3NC(C)=O)nn2)C(=O)O)NN)OC(CO)C(O)C1O. The number of unbranched alkanes of at least 4 members (excludes halogenated alkanes) is 1. The molecule has 4 fully saturated rings. The predicted molar refractivity (Wildman–Crippen MR) is 425 cm³/mol. The van der Waals surface area contributed by atoms with Gasteiger partial charge in [-0.05, 0) is 19.4 Å². The molecule has 0 aliphatic carbocycles. The van der Waals surface area contributed by atoms with Gasteiger partial charge in [0.2, 0.25) is 23.6 Å². The third-order valence-corrected chi connectivity index (χ3v) is 20.0. The Labute approximate surface area is 726 Å². The van der Waals surface area contributed by atoms with E-state index in [9.17, 15) is 90.4 Å². The van der Waals surface area contributed by atoms with E-state index in [1.807, 2.05) is 0 Å². The number of aliphatic hydroxyl groups is 12. The zero-order valence-electron chi connectivity index (χ0n) is 71.3. The molecule has 3 aromatic rings. The highest BCUT2D eigenvalue weighted by Crippen LogP contribution is 2.27. The number of carbonyl (C=O) groups excluding carboxylic acids is 4. The lowest BCUT2D eigenvalue weighted by Crippen LogP contribution is -2.64. The second-order valence-electron chi connectivity index (χ2n) is 29.8. The Morgan fingerprint density at radius 3 is 1.02 bits per heavy atom. The lowest BCUT2D eigenvalue weighted by Gasteiger charge is -2.42. The number of aliphatic hydroxyl groups excluding tert-OH is 12. The number of carboxylic acid groups (broad SMARTS) is 1. The Kier molecular flexibility index (Phi) is 49.2. The molecular formula is C74H130N18O34. The maximum Gasteiger partial charge on any atom is 0.320 e. The fourth-order valence-corrected chi connectivity index (χ4v) is 13.6. The molecule has 0 saturated carbocycles. The highest BCUT2D eigenvalue weighted by atomic mass is 16.7. The molecule has 4 aliphatic heterocycles. The number of hydrazine groups is 1. The van der Waals surface area contributed by atoms with Crippen molar-refractivity contribution >= 4 is 29.6 Å². The molecule has 21 N–H and O–H groups in total. The van der Waals surface area contributed by atoms with E-state index in [4.69, 9.17) is 81.6 Å². The van der Waals surface area contributed by atoms with E-state index < -0.39 is 185 Å². The molecule has 720 valence electrons. The number of hydrogen-bond acceptors (Lipinski definition) is 44. The number of nitrogens with one attached hydrogen (secondary N) is 6. The van der Waals surface area contributed by atoms with E-state index in [-0.39, 0.29) is 178 Å². The molecule has 126 heavy (non-hydrogen) atoms. The number of aliphatic carboxylic acids is 1. The monoisotopic (exact) mass is 1810 g/mol. The van der Waals surface area contributed by atoms with Crippen molar-refractivity contribution in [3.8, 4) is 0 Å². The third kappa shape index (κ3) is 36.7. The van der Waals surface area contributed by atoms with Gasteiger partial charge < -0.3 is 174 Å². The Bertz CT molecular complexity index is 3460. The minimum Gasteiger partial charge on any atom is -0.480 e. The summed E-state index contributed by atoms with van der Waals surface area (Å²) in [5, 5.41) is 172. The van der Waals surface area contributed by atoms with Gasteiger partial charge in [0, 0.05) is 85.2 Å². The number of aromatic nitrogens is 9. The van der Waals surface area contributed by atoms with E-state index in [0.717, 1.165) is 0 Å². The van der Waals surface area contributed by atoms with Gasteiger partial charge in [-0.25, -0.2) is 14.0 Å². The summed E-state index contributed by atoms with van der Waals surface area (Å²) in [6.45, 7) is 7.17. The summed E-state index contributed by atoms with van der Waals surface area (Å²) in [6, 6.07) is -5.52. The summed E-state index contributed by atoms with van der Waals surface area (Å²) < 4.78 is 95.7. The van der Waals surface area contributed by atoms with Crippen LogP contribution in [0.3, 0.4) is 0 Å². The van der Waals surface area contributed by atoms with Crippen molar-refractivity contribution < 1.29 is 166 Å². The first-order valence-corrected chi connectivity index (χ1v) is 41.7. The zero-order chi connectivity index (χ0) is 91.3. The van der Waals surface area contributed by atoms with Gasteiger partial charge in [-0.3, -0.25) is 39.6 Å². The van der Waals surface area contributed by atoms with Crippen LogP contribution in [0.15, 0.2) is 30.5 Å². The number of hydrogen-bond donors (Lipinski definition) is 20. The molecule has 52 heteroatoms. The number of carboxylic acids is 1. The Morgan fingerprint density at radius 1 is 0.429 bits per heavy atom. The van der Waals surface area contributed by atoms with Crippen LogP contribution >= 0.6 is 0 Å². The van der Waals surface area contributed by atoms with Gasteiger partial charge in [0.25, 0.3) is 0 Å². The minimum atomic E-state index is -1.47. The van der Waals surface area contributed by atoms with Crippen molar-refractivity contribution in [1.82, 2.24) is 86.8 Å². The molecule has 0 aromatic carbocycles. The van der Waals surface area contributed by atoms with Crippen LogP contribution in [0.2, 0.25) is 0 Å². The molecule has 4 amide bonds. The van der Waals surface area contributed by atoms with Crippen molar-refractivity contribution in [3.63, 3.8) is 0 Å². The lowest BCUT2D eigenvalue weighted by molar-refractivity contribution is -0.272. The van der Waals surface area contributed by atoms with E-state index in [0.29, 0.717) is 55.3 Å². The van der Waals surface area contributed by atoms with Gasteiger partial charge >= 0.3 is 5.97 Å². The van der Waals surface area contributed by atoms with Gasteiger partial charge in [-0.2, -0.15) is 0 Å². The summed E-state index contributed by atoms with van der Waals surface area (Å²) in [5.41, 5.74) is 4.70. The Hall–Kier alpha value is -7.13. The summed E-state index contributed by atoms with van der Waals surface area (Å²) in [4.78, 5) is 64.6. The molecular weight excluding hydrogens is 1680 g/mol. The molecule has 3 aromatic heterocycles. The molecule has 4 aliphatic rings. The highest BCUT2D eigenvalue weighted by molar-refractivity contribution is 5.75. The van der Waals surface area contributed by atoms with Crippen LogP contribution in [0.25, 0.3) is 0 Å². The van der Waals surface area contributed by atoms with Crippen molar-refractivity contribution in [3.05, 3.63) is 47.6 Å². The van der Waals surface area contributed by atoms with Crippen LogP contribution in [0.5, 0.6) is 0 Å². The number of rotatable bonds is 65. The Balaban J connectivity index is 0.932. The topological polar surface area (TPSA) is 693 Å². The minimum absolute atomic E-state index is 0.00154. The molecule has 21 unspecified atom stereocenters. The quantitative estimate of drug-likeness (QED) is 0.0142. The number of nitrogens with two attached hydrogens (primary N) is 1. The van der Waals surface area contributed by atoms with Gasteiger partial charge in [0.05, 0.1) is 201 Å². The normalized spacial score (nSPS) is 26.8. The zero-order valence-corrected chi connectivity index (χ0v) is 71.3. The van der Waals surface area contributed by atoms with Crippen molar-refractivity contribution in [2.75, 3.05) is 178 Å². The lowest BCUT2D eigenvalue weighted by atomic mass is 9.97. The van der Waals surface area contributed by atoms with Crippen molar-refractivity contribution in [1.29, 1.82) is 0 Å². The number of carbonyl (C=O) groups is 5. The van der Waals surface area contributed by atoms with Crippen molar-refractivity contribution in [2.24, 2.45) is 5.84 Å². The maximum atomic E-state index is 13.6. The fourth-order valence-electron chi connectivity index (χ4n) is 13.6. The van der Waals surface area contributed by atoms with Crippen molar-refractivity contribution in [2.45, 2.75) is 215 Å². The molecule has 4 saturated heterocycles. The molecule has 0 spiro atoms. The second kappa shape index (κ2) is 58.5. The van der Waals surface area contributed by atoms with Gasteiger partial charge in [0.15, 0.2) is 25.2 Å². The standard InChI is InChI=1S/C74H130N18O34/c1-45(97)77-58-66(105)62(101)54(41-93)123-71(58)119-29-25-115-21-17-111-13-8-76-33-49(81-75)36-89(37-52-40-92(87-84-52)12-16-114-20-24-118-28-32-122-74-61(80-48(4)100)69(108)65(104)57(44-96)126-74)53(70(109)110)7-5-6-9-88(34-50-38-90(85-82-50)10-14-112-18-22-116-26-30-120-72-59(78-46(2)98)67(106)63(102)55(42-94)124-72)35-51-39-91(86-83-51)11-15-113-19-23-117-27-31-121-73-60(79-47(3)99)68(107)64(103)56(43-95)125-73/h33,38-40,53-69,71-74,76,81,93-96,101-108H,5-32,34-37,41-44,75H2,1-4H3,(H,77,97)(H,78,98)(H,79,99)(H,80,100)(H,109,110)/b49-33-.